The van der Waals surface area contributed by atoms with Crippen molar-refractivity contribution < 1.29 is 0 Å². The van der Waals surface area contributed by atoms with Gasteiger partial charge in [-0.05, 0) is 60.4 Å². The minimum atomic E-state index is 0.701. The van der Waals surface area contributed by atoms with Crippen molar-refractivity contribution in [1.29, 1.82) is 0 Å². The lowest BCUT2D eigenvalue weighted by atomic mass is 9.91. The van der Waals surface area contributed by atoms with E-state index in [1.54, 1.807) is 0 Å². The predicted molar refractivity (Wildman–Crippen MR) is 92.0 cm³/mol. The topological polar surface area (TPSA) is 0 Å². The molecule has 0 aliphatic carbocycles. The highest BCUT2D eigenvalue weighted by Gasteiger charge is 2.08. The second-order valence-corrected chi connectivity index (χ2v) is 5.72. The zero-order chi connectivity index (χ0) is 15.1. The van der Waals surface area contributed by atoms with Crippen LogP contribution in [0.4, 0.5) is 0 Å². The molecule has 0 heterocycles. The van der Waals surface area contributed by atoms with Crippen molar-refractivity contribution in [2.45, 2.75) is 47.5 Å². The molecule has 0 spiro atoms. The molecule has 0 aliphatic heterocycles. The number of aryl methyl sites for hydroxylation is 1. The summed E-state index contributed by atoms with van der Waals surface area (Å²) < 4.78 is 0. The Morgan fingerprint density at radius 1 is 1.25 bits per heavy atom. The van der Waals surface area contributed by atoms with Gasteiger partial charge in [0.15, 0.2) is 0 Å². The maximum atomic E-state index is 3.84. The zero-order valence-corrected chi connectivity index (χ0v) is 13.7. The highest BCUT2D eigenvalue weighted by atomic mass is 14.1. The van der Waals surface area contributed by atoms with Crippen LogP contribution in [0.2, 0.25) is 0 Å². The molecule has 0 radical (unpaired) electrons. The Morgan fingerprint density at radius 3 is 2.45 bits per heavy atom. The van der Waals surface area contributed by atoms with E-state index in [4.69, 9.17) is 0 Å². The van der Waals surface area contributed by atoms with Gasteiger partial charge >= 0.3 is 0 Å². The second kappa shape index (κ2) is 7.89. The standard InChI is InChI=1S/C20H28/c1-7-10-20(16(6)8-2)19-12-11-18(13-15(4)5)17(9-3)14-19/h7-8,10-12,14-15H,1,9,13H2,2-6H3/b16-8-,20-10+. The van der Waals surface area contributed by atoms with Crippen LogP contribution in [0.5, 0.6) is 0 Å². The summed E-state index contributed by atoms with van der Waals surface area (Å²) in [4.78, 5) is 0. The molecule has 0 aromatic heterocycles. The van der Waals surface area contributed by atoms with Crippen molar-refractivity contribution in [3.8, 4) is 0 Å². The first-order valence-electron chi connectivity index (χ1n) is 7.61. The Labute approximate surface area is 124 Å². The number of hydrogen-bond acceptors (Lipinski definition) is 0. The van der Waals surface area contributed by atoms with E-state index in [2.05, 4.69) is 71.5 Å². The van der Waals surface area contributed by atoms with Gasteiger partial charge in [-0.25, -0.2) is 0 Å². The van der Waals surface area contributed by atoms with Crippen molar-refractivity contribution in [2.75, 3.05) is 0 Å². The third-order valence-corrected chi connectivity index (χ3v) is 3.67. The molecule has 0 atom stereocenters. The summed E-state index contributed by atoms with van der Waals surface area (Å²) in [7, 11) is 0. The van der Waals surface area contributed by atoms with Crippen molar-refractivity contribution in [1.82, 2.24) is 0 Å². The molecule has 0 heteroatoms. The average molecular weight is 268 g/mol. The van der Waals surface area contributed by atoms with Gasteiger partial charge in [0.05, 0.1) is 0 Å². The van der Waals surface area contributed by atoms with Gasteiger partial charge < -0.3 is 0 Å². The van der Waals surface area contributed by atoms with Gasteiger partial charge in [-0.15, -0.1) is 0 Å². The third-order valence-electron chi connectivity index (χ3n) is 3.67. The summed E-state index contributed by atoms with van der Waals surface area (Å²) in [6.07, 6.45) is 8.38. The second-order valence-electron chi connectivity index (χ2n) is 5.72. The van der Waals surface area contributed by atoms with Gasteiger partial charge in [0.25, 0.3) is 0 Å². The van der Waals surface area contributed by atoms with Crippen LogP contribution in [0, 0.1) is 5.92 Å². The summed E-state index contributed by atoms with van der Waals surface area (Å²) in [6, 6.07) is 6.90. The number of allylic oxidation sites excluding steroid dienone is 5. The SMILES string of the molecule is C=C/C=C(\C(C)=C/C)c1ccc(CC(C)C)c(CC)c1. The molecule has 0 amide bonds. The maximum absolute atomic E-state index is 3.84. The van der Waals surface area contributed by atoms with Gasteiger partial charge in [-0.1, -0.05) is 63.8 Å². The molecule has 0 fully saturated rings. The molecule has 1 rings (SSSR count). The summed E-state index contributed by atoms with van der Waals surface area (Å²) in [5.41, 5.74) is 6.82. The normalized spacial score (nSPS) is 12.9. The fraction of sp³-hybridized carbons (Fsp3) is 0.400. The lowest BCUT2D eigenvalue weighted by Gasteiger charge is -2.14. The van der Waals surface area contributed by atoms with Crippen molar-refractivity contribution in [3.05, 3.63) is 65.3 Å². The van der Waals surface area contributed by atoms with Crippen molar-refractivity contribution in [2.24, 2.45) is 5.92 Å². The summed E-state index contributed by atoms with van der Waals surface area (Å²) in [5.74, 6) is 0.701. The van der Waals surface area contributed by atoms with Crippen LogP contribution in [0.3, 0.4) is 0 Å². The third kappa shape index (κ3) is 4.23. The Bertz CT molecular complexity index is 513. The van der Waals surface area contributed by atoms with Gasteiger partial charge in [-0.3, -0.25) is 0 Å². The van der Waals surface area contributed by atoms with E-state index in [1.807, 2.05) is 6.08 Å². The van der Waals surface area contributed by atoms with Gasteiger partial charge in [0, 0.05) is 0 Å². The predicted octanol–water partition coefficient (Wildman–Crippen LogP) is 5.98. The number of hydrogen-bond donors (Lipinski definition) is 0. The fourth-order valence-corrected chi connectivity index (χ4v) is 2.49. The minimum Gasteiger partial charge on any atom is -0.0990 e. The van der Waals surface area contributed by atoms with Gasteiger partial charge in [-0.2, -0.15) is 0 Å². The Hall–Kier alpha value is -1.56. The van der Waals surface area contributed by atoms with Crippen molar-refractivity contribution >= 4 is 5.57 Å². The number of benzene rings is 1. The van der Waals surface area contributed by atoms with E-state index < -0.39 is 0 Å². The van der Waals surface area contributed by atoms with E-state index in [0.29, 0.717) is 5.92 Å². The quantitative estimate of drug-likeness (QED) is 0.556. The van der Waals surface area contributed by atoms with E-state index in [1.165, 1.54) is 27.8 Å². The Kier molecular flexibility index (Phi) is 6.51. The van der Waals surface area contributed by atoms with E-state index in [-0.39, 0.29) is 0 Å². The Morgan fingerprint density at radius 2 is 1.95 bits per heavy atom. The molecule has 0 nitrogen and oxygen atoms in total. The molecule has 20 heavy (non-hydrogen) atoms. The first-order chi connectivity index (χ1) is 9.53. The monoisotopic (exact) mass is 268 g/mol. The van der Waals surface area contributed by atoms with Crippen LogP contribution >= 0.6 is 0 Å². The lowest BCUT2D eigenvalue weighted by molar-refractivity contribution is 0.643. The van der Waals surface area contributed by atoms with E-state index >= 15 is 0 Å². The van der Waals surface area contributed by atoms with E-state index in [9.17, 15) is 0 Å². The lowest BCUT2D eigenvalue weighted by Crippen LogP contribution is -2.00. The zero-order valence-electron chi connectivity index (χ0n) is 13.7. The van der Waals surface area contributed by atoms with Crippen molar-refractivity contribution in [3.63, 3.8) is 0 Å². The smallest absolute Gasteiger partial charge is 0.0158 e. The molecular formula is C20H28. The van der Waals surface area contributed by atoms with Gasteiger partial charge in [0.1, 0.15) is 0 Å². The highest BCUT2D eigenvalue weighted by molar-refractivity contribution is 5.79. The van der Waals surface area contributed by atoms with Crippen LogP contribution in [0.1, 0.15) is 51.3 Å². The highest BCUT2D eigenvalue weighted by Crippen LogP contribution is 2.26. The fourth-order valence-electron chi connectivity index (χ4n) is 2.49. The van der Waals surface area contributed by atoms with Crippen LogP contribution in [-0.4, -0.2) is 0 Å². The minimum absolute atomic E-state index is 0.701. The Balaban J connectivity index is 3.26. The van der Waals surface area contributed by atoms with Crippen LogP contribution < -0.4 is 0 Å². The largest absolute Gasteiger partial charge is 0.0990 e. The number of rotatable bonds is 6. The molecule has 108 valence electrons. The first kappa shape index (κ1) is 16.5. The van der Waals surface area contributed by atoms with Crippen LogP contribution in [0.15, 0.2) is 48.6 Å². The molecule has 0 bridgehead atoms. The van der Waals surface area contributed by atoms with Crippen LogP contribution in [-0.2, 0) is 12.8 Å². The van der Waals surface area contributed by atoms with E-state index in [0.717, 1.165) is 12.8 Å². The summed E-state index contributed by atoms with van der Waals surface area (Å²) in [6.45, 7) is 14.9. The first-order valence-corrected chi connectivity index (χ1v) is 7.61. The molecule has 0 unspecified atom stereocenters. The van der Waals surface area contributed by atoms with Gasteiger partial charge in [0.2, 0.25) is 0 Å². The molecule has 0 N–H and O–H groups in total. The summed E-state index contributed by atoms with van der Waals surface area (Å²) >= 11 is 0. The molecular weight excluding hydrogens is 240 g/mol. The molecule has 0 saturated carbocycles. The molecule has 1 aromatic rings. The summed E-state index contributed by atoms with van der Waals surface area (Å²) in [5, 5.41) is 0. The maximum Gasteiger partial charge on any atom is -0.0158 e. The molecule has 0 aliphatic rings. The average Bonchev–Trinajstić information content (AvgIpc) is 2.44. The molecule has 1 aromatic carbocycles. The van der Waals surface area contributed by atoms with Crippen LogP contribution in [0.25, 0.3) is 5.57 Å². The molecule has 0 saturated heterocycles.